The number of rotatable bonds is 6. The molecule has 0 unspecified atom stereocenters. The number of aliphatic hydroxyl groups is 1. The first-order valence-electron chi connectivity index (χ1n) is 8.71. The number of halogens is 2. The normalized spacial score (nSPS) is 11.7. The monoisotopic (exact) mass is 397 g/mol. The maximum Gasteiger partial charge on any atom is 0.251 e. The summed E-state index contributed by atoms with van der Waals surface area (Å²) in [5.74, 6) is -2.73. The van der Waals surface area contributed by atoms with Crippen molar-refractivity contribution >= 4 is 11.7 Å². The van der Waals surface area contributed by atoms with Crippen LogP contribution in [0.4, 0.5) is 8.78 Å². The molecule has 1 amide bonds. The highest BCUT2D eigenvalue weighted by atomic mass is 19.1. The van der Waals surface area contributed by atoms with E-state index < -0.39 is 29.2 Å². The average molecular weight is 397 g/mol. The lowest BCUT2D eigenvalue weighted by molar-refractivity contribution is 0.0910. The zero-order chi connectivity index (χ0) is 21.0. The Morgan fingerprint density at radius 1 is 0.862 bits per heavy atom. The van der Waals surface area contributed by atoms with Crippen molar-refractivity contribution in [3.05, 3.63) is 101 Å². The van der Waals surface area contributed by atoms with E-state index in [-0.39, 0.29) is 23.6 Å². The molecule has 0 bridgehead atoms. The third-order valence-electron chi connectivity index (χ3n) is 4.31. The van der Waals surface area contributed by atoms with Crippen molar-refractivity contribution in [2.45, 2.75) is 6.10 Å². The van der Waals surface area contributed by atoms with Crippen LogP contribution < -0.4 is 5.32 Å². The van der Waals surface area contributed by atoms with E-state index in [1.165, 1.54) is 42.5 Å². The molecule has 0 fully saturated rings. The second-order valence-electron chi connectivity index (χ2n) is 6.32. The number of aliphatic hydroxyl groups excluding tert-OH is 1. The summed E-state index contributed by atoms with van der Waals surface area (Å²) in [5, 5.41) is 21.9. The minimum Gasteiger partial charge on any atom is -0.508 e. The van der Waals surface area contributed by atoms with E-state index in [0.29, 0.717) is 11.1 Å². The number of phenols is 1. The lowest BCUT2D eigenvalue weighted by Gasteiger charge is -2.14. The maximum atomic E-state index is 13.7. The molecule has 0 saturated carbocycles. The molecular weight excluding hydrogens is 380 g/mol. The first kappa shape index (κ1) is 20.2. The van der Waals surface area contributed by atoms with Crippen LogP contribution in [0.5, 0.6) is 5.75 Å². The number of benzene rings is 3. The number of hydrogen-bond acceptors (Lipinski definition) is 4. The number of nitrogens with one attached hydrogen (secondary N) is 1. The van der Waals surface area contributed by atoms with Gasteiger partial charge in [-0.05, 0) is 36.4 Å². The van der Waals surface area contributed by atoms with E-state index in [1.54, 1.807) is 12.1 Å². The van der Waals surface area contributed by atoms with Gasteiger partial charge in [0.25, 0.3) is 5.91 Å². The Hall–Kier alpha value is -3.58. The van der Waals surface area contributed by atoms with Gasteiger partial charge >= 0.3 is 0 Å². The smallest absolute Gasteiger partial charge is 0.251 e. The minimum atomic E-state index is -1.55. The van der Waals surface area contributed by atoms with Gasteiger partial charge in [-0.15, -0.1) is 0 Å². The van der Waals surface area contributed by atoms with Gasteiger partial charge in [-0.3, -0.25) is 9.59 Å². The largest absolute Gasteiger partial charge is 0.508 e. The predicted molar refractivity (Wildman–Crippen MR) is 102 cm³/mol. The van der Waals surface area contributed by atoms with Crippen LogP contribution in [0.3, 0.4) is 0 Å². The van der Waals surface area contributed by atoms with Gasteiger partial charge in [-0.2, -0.15) is 0 Å². The number of carbonyl (C=O) groups is 2. The zero-order valence-electron chi connectivity index (χ0n) is 15.1. The topological polar surface area (TPSA) is 86.6 Å². The van der Waals surface area contributed by atoms with E-state index in [1.807, 2.05) is 0 Å². The van der Waals surface area contributed by atoms with E-state index >= 15 is 0 Å². The predicted octanol–water partition coefficient (Wildman–Crippen LogP) is 3.36. The van der Waals surface area contributed by atoms with Crippen molar-refractivity contribution in [3.63, 3.8) is 0 Å². The Labute approximate surface area is 165 Å². The molecule has 7 heteroatoms. The van der Waals surface area contributed by atoms with Crippen LogP contribution >= 0.6 is 0 Å². The second-order valence-corrected chi connectivity index (χ2v) is 6.32. The summed E-state index contributed by atoms with van der Waals surface area (Å²) in [6, 6.07) is 14.9. The van der Waals surface area contributed by atoms with Crippen molar-refractivity contribution in [1.82, 2.24) is 5.32 Å². The van der Waals surface area contributed by atoms with Crippen LogP contribution in [-0.2, 0) is 0 Å². The third-order valence-corrected chi connectivity index (χ3v) is 4.31. The van der Waals surface area contributed by atoms with Gasteiger partial charge in [-0.1, -0.05) is 30.3 Å². The third kappa shape index (κ3) is 4.64. The van der Waals surface area contributed by atoms with Crippen LogP contribution in [0, 0.1) is 11.6 Å². The number of ketones is 1. The average Bonchev–Trinajstić information content (AvgIpc) is 2.71. The molecule has 3 rings (SSSR count). The molecule has 0 aliphatic heterocycles. The van der Waals surface area contributed by atoms with Crippen molar-refractivity contribution < 1.29 is 28.6 Å². The molecule has 0 radical (unpaired) electrons. The molecule has 0 aliphatic carbocycles. The lowest BCUT2D eigenvalue weighted by atomic mass is 10.0. The molecule has 3 N–H and O–H groups in total. The number of phenolic OH excluding ortho intramolecular Hbond substituents is 1. The molecule has 29 heavy (non-hydrogen) atoms. The molecule has 148 valence electrons. The lowest BCUT2D eigenvalue weighted by Crippen LogP contribution is -2.29. The number of aromatic hydroxyl groups is 1. The molecule has 0 aromatic heterocycles. The van der Waals surface area contributed by atoms with Gasteiger partial charge < -0.3 is 15.5 Å². The Morgan fingerprint density at radius 3 is 2.07 bits per heavy atom. The van der Waals surface area contributed by atoms with E-state index in [0.717, 1.165) is 12.1 Å². The molecule has 0 aliphatic rings. The molecule has 5 nitrogen and oxygen atoms in total. The summed E-state index contributed by atoms with van der Waals surface area (Å²) in [4.78, 5) is 24.6. The molecule has 3 aromatic rings. The summed E-state index contributed by atoms with van der Waals surface area (Å²) in [6.07, 6.45) is -1.55. The molecular formula is C22H17F2NO4. The summed E-state index contributed by atoms with van der Waals surface area (Å²) in [6.45, 7) is -0.388. The van der Waals surface area contributed by atoms with E-state index in [2.05, 4.69) is 5.32 Å². The van der Waals surface area contributed by atoms with Crippen LogP contribution in [0.2, 0.25) is 0 Å². The highest BCUT2D eigenvalue weighted by molar-refractivity contribution is 6.09. The highest BCUT2D eigenvalue weighted by Crippen LogP contribution is 2.20. The summed E-state index contributed by atoms with van der Waals surface area (Å²) >= 11 is 0. The van der Waals surface area contributed by atoms with Crippen LogP contribution in [0.25, 0.3) is 0 Å². The SMILES string of the molecule is O=C(NC[C@@H](O)c1c(F)cccc1F)c1ccc(C(=O)c2cccc(O)c2)cc1. The van der Waals surface area contributed by atoms with Crippen molar-refractivity contribution in [3.8, 4) is 5.75 Å². The molecule has 0 saturated heterocycles. The number of amides is 1. The Bertz CT molecular complexity index is 1030. The zero-order valence-corrected chi connectivity index (χ0v) is 15.1. The van der Waals surface area contributed by atoms with Crippen LogP contribution in [-0.4, -0.2) is 28.4 Å². The van der Waals surface area contributed by atoms with Gasteiger partial charge in [0.05, 0.1) is 5.56 Å². The van der Waals surface area contributed by atoms with Crippen LogP contribution in [0.15, 0.2) is 66.7 Å². The highest BCUT2D eigenvalue weighted by Gasteiger charge is 2.19. The van der Waals surface area contributed by atoms with E-state index in [9.17, 15) is 28.6 Å². The fourth-order valence-electron chi connectivity index (χ4n) is 2.81. The fourth-order valence-corrected chi connectivity index (χ4v) is 2.81. The van der Waals surface area contributed by atoms with Gasteiger partial charge in [0.2, 0.25) is 0 Å². The molecule has 0 heterocycles. The quantitative estimate of drug-likeness (QED) is 0.557. The second kappa shape index (κ2) is 8.62. The fraction of sp³-hybridized carbons (Fsp3) is 0.0909. The molecule has 1 atom stereocenters. The van der Waals surface area contributed by atoms with Crippen molar-refractivity contribution in [2.24, 2.45) is 0 Å². The van der Waals surface area contributed by atoms with Gasteiger partial charge in [-0.25, -0.2) is 8.78 Å². The number of carbonyl (C=O) groups excluding carboxylic acids is 2. The first-order valence-corrected chi connectivity index (χ1v) is 8.71. The number of hydrogen-bond donors (Lipinski definition) is 3. The molecule has 3 aromatic carbocycles. The maximum absolute atomic E-state index is 13.7. The van der Waals surface area contributed by atoms with Crippen molar-refractivity contribution in [1.29, 1.82) is 0 Å². The van der Waals surface area contributed by atoms with Crippen LogP contribution in [0.1, 0.15) is 37.9 Å². The first-order chi connectivity index (χ1) is 13.9. The Kier molecular flexibility index (Phi) is 5.99. The van der Waals surface area contributed by atoms with Gasteiger partial charge in [0, 0.05) is 23.2 Å². The summed E-state index contributed by atoms with van der Waals surface area (Å²) in [5.41, 5.74) is 0.316. The standard InChI is InChI=1S/C22H17F2NO4/c23-17-5-2-6-18(24)20(17)19(27)12-25-22(29)14-9-7-13(8-10-14)21(28)15-3-1-4-16(26)11-15/h1-11,19,26-27H,12H2,(H,25,29)/t19-/m1/s1. The van der Waals surface area contributed by atoms with Gasteiger partial charge in [0.15, 0.2) is 5.78 Å². The van der Waals surface area contributed by atoms with Gasteiger partial charge in [0.1, 0.15) is 23.5 Å². The minimum absolute atomic E-state index is 0.0308. The Morgan fingerprint density at radius 2 is 1.45 bits per heavy atom. The van der Waals surface area contributed by atoms with E-state index in [4.69, 9.17) is 0 Å². The summed E-state index contributed by atoms with van der Waals surface area (Å²) < 4.78 is 27.3. The van der Waals surface area contributed by atoms with Crippen molar-refractivity contribution in [2.75, 3.05) is 6.54 Å². The molecule has 0 spiro atoms. The Balaban J connectivity index is 1.65. The summed E-state index contributed by atoms with van der Waals surface area (Å²) in [7, 11) is 0.